The Morgan fingerprint density at radius 1 is 1.62 bits per heavy atom. The minimum Gasteiger partial charge on any atom is -0.480 e. The van der Waals surface area contributed by atoms with Crippen LogP contribution >= 0.6 is 0 Å². The maximum atomic E-state index is 11.2. The molecule has 4 heteroatoms. The Bertz CT molecular complexity index is 370. The number of carbonyl (C=O) groups excluding carboxylic acids is 1. The summed E-state index contributed by atoms with van der Waals surface area (Å²) < 4.78 is 1.53. The molecule has 0 radical (unpaired) electrons. The number of hydrogen-bond acceptors (Lipinski definition) is 2. The van der Waals surface area contributed by atoms with Crippen LogP contribution in [0.25, 0.3) is 0 Å². The second-order valence-corrected chi connectivity index (χ2v) is 4.06. The van der Waals surface area contributed by atoms with E-state index in [2.05, 4.69) is 0 Å². The average molecular weight is 223 g/mol. The van der Waals surface area contributed by atoms with Crippen LogP contribution in [0.1, 0.15) is 43.2 Å². The van der Waals surface area contributed by atoms with E-state index in [1.165, 1.54) is 4.57 Å². The molecule has 0 spiro atoms. The van der Waals surface area contributed by atoms with Crippen LogP contribution in [-0.4, -0.2) is 21.9 Å². The number of carboxylic acids is 1. The summed E-state index contributed by atoms with van der Waals surface area (Å²) in [6, 6.07) is 2.67. The first kappa shape index (κ1) is 12.5. The standard InChI is InChI=1S/C12H17NO3/c1-3-9(2)7-11(12(15)16)13-6-4-5-10(13)8-14/h4-6,8-9,11H,3,7H2,1-2H3,(H,15,16)/t9?,11-/m1/s1. The van der Waals surface area contributed by atoms with Gasteiger partial charge in [0.15, 0.2) is 6.29 Å². The van der Waals surface area contributed by atoms with Gasteiger partial charge in [-0.3, -0.25) is 4.79 Å². The highest BCUT2D eigenvalue weighted by molar-refractivity contribution is 5.76. The Labute approximate surface area is 94.9 Å². The molecule has 0 aliphatic carbocycles. The molecule has 1 N–H and O–H groups in total. The molecule has 1 aromatic rings. The fourth-order valence-corrected chi connectivity index (χ4v) is 1.67. The minimum atomic E-state index is -0.889. The Kier molecular flexibility index (Phi) is 4.28. The van der Waals surface area contributed by atoms with Crippen LogP contribution in [-0.2, 0) is 4.79 Å². The molecule has 4 nitrogen and oxygen atoms in total. The third-order valence-electron chi connectivity index (χ3n) is 2.88. The molecule has 0 saturated carbocycles. The number of nitrogens with zero attached hydrogens (tertiary/aromatic N) is 1. The van der Waals surface area contributed by atoms with Crippen molar-refractivity contribution in [3.05, 3.63) is 24.0 Å². The molecule has 0 amide bonds. The van der Waals surface area contributed by atoms with Crippen molar-refractivity contribution in [2.45, 2.75) is 32.7 Å². The third kappa shape index (κ3) is 2.72. The quantitative estimate of drug-likeness (QED) is 0.753. The minimum absolute atomic E-state index is 0.322. The summed E-state index contributed by atoms with van der Waals surface area (Å²) in [5.41, 5.74) is 0.413. The van der Waals surface area contributed by atoms with Crippen molar-refractivity contribution in [1.82, 2.24) is 4.57 Å². The molecule has 2 atom stereocenters. The molecule has 1 unspecified atom stereocenters. The lowest BCUT2D eigenvalue weighted by molar-refractivity contribution is -0.141. The van der Waals surface area contributed by atoms with E-state index in [0.717, 1.165) is 6.42 Å². The van der Waals surface area contributed by atoms with E-state index in [0.29, 0.717) is 24.3 Å². The van der Waals surface area contributed by atoms with E-state index in [4.69, 9.17) is 0 Å². The number of rotatable bonds is 6. The van der Waals surface area contributed by atoms with Gasteiger partial charge in [-0.1, -0.05) is 20.3 Å². The summed E-state index contributed by atoms with van der Waals surface area (Å²) in [5, 5.41) is 9.17. The van der Waals surface area contributed by atoms with E-state index in [-0.39, 0.29) is 0 Å². The van der Waals surface area contributed by atoms with Crippen LogP contribution in [0.15, 0.2) is 18.3 Å². The molecule has 0 aliphatic rings. The molecule has 1 aromatic heterocycles. The van der Waals surface area contributed by atoms with Gasteiger partial charge < -0.3 is 9.67 Å². The number of carboxylic acid groups (broad SMARTS) is 1. The molecule has 0 aliphatic heterocycles. The van der Waals surface area contributed by atoms with Crippen molar-refractivity contribution in [3.8, 4) is 0 Å². The summed E-state index contributed by atoms with van der Waals surface area (Å²) in [4.78, 5) is 21.9. The van der Waals surface area contributed by atoms with Gasteiger partial charge in [-0.05, 0) is 24.5 Å². The van der Waals surface area contributed by atoms with Gasteiger partial charge in [0, 0.05) is 6.20 Å². The van der Waals surface area contributed by atoms with Crippen LogP contribution in [0.3, 0.4) is 0 Å². The molecule has 0 bridgehead atoms. The van der Waals surface area contributed by atoms with Crippen LogP contribution < -0.4 is 0 Å². The van der Waals surface area contributed by atoms with E-state index < -0.39 is 12.0 Å². The van der Waals surface area contributed by atoms with Gasteiger partial charge in [0.05, 0.1) is 5.69 Å². The van der Waals surface area contributed by atoms with Crippen molar-refractivity contribution in [1.29, 1.82) is 0 Å². The van der Waals surface area contributed by atoms with Crippen molar-refractivity contribution in [2.75, 3.05) is 0 Å². The summed E-state index contributed by atoms with van der Waals surface area (Å²) in [7, 11) is 0. The Morgan fingerprint density at radius 3 is 2.81 bits per heavy atom. The molecule has 0 fully saturated rings. The van der Waals surface area contributed by atoms with Gasteiger partial charge in [-0.15, -0.1) is 0 Å². The van der Waals surface area contributed by atoms with Crippen LogP contribution in [0.5, 0.6) is 0 Å². The number of aromatic nitrogens is 1. The number of carbonyl (C=O) groups is 2. The number of hydrogen-bond donors (Lipinski definition) is 1. The average Bonchev–Trinajstić information content (AvgIpc) is 2.72. The number of aliphatic carboxylic acids is 1. The van der Waals surface area contributed by atoms with Gasteiger partial charge in [0.1, 0.15) is 6.04 Å². The van der Waals surface area contributed by atoms with Gasteiger partial charge in [0.2, 0.25) is 0 Å². The van der Waals surface area contributed by atoms with Gasteiger partial charge in [-0.2, -0.15) is 0 Å². The molecule has 1 rings (SSSR count). The van der Waals surface area contributed by atoms with E-state index in [9.17, 15) is 14.7 Å². The van der Waals surface area contributed by atoms with Crippen molar-refractivity contribution in [3.63, 3.8) is 0 Å². The number of aldehydes is 1. The zero-order chi connectivity index (χ0) is 12.1. The van der Waals surface area contributed by atoms with Gasteiger partial charge in [0.25, 0.3) is 0 Å². The summed E-state index contributed by atoms with van der Waals surface area (Å²) in [6.45, 7) is 4.04. The van der Waals surface area contributed by atoms with E-state index in [1.807, 2.05) is 13.8 Å². The predicted octanol–water partition coefficient (Wildman–Crippen LogP) is 2.36. The Hall–Kier alpha value is -1.58. The molecule has 1 heterocycles. The summed E-state index contributed by atoms with van der Waals surface area (Å²) in [6.07, 6.45) is 3.81. The monoisotopic (exact) mass is 223 g/mol. The van der Waals surface area contributed by atoms with E-state index >= 15 is 0 Å². The lowest BCUT2D eigenvalue weighted by Crippen LogP contribution is -2.22. The van der Waals surface area contributed by atoms with Crippen molar-refractivity contribution in [2.24, 2.45) is 5.92 Å². The first-order valence-electron chi connectivity index (χ1n) is 5.45. The summed E-state index contributed by atoms with van der Waals surface area (Å²) >= 11 is 0. The zero-order valence-corrected chi connectivity index (χ0v) is 9.59. The zero-order valence-electron chi connectivity index (χ0n) is 9.59. The molecular formula is C12H17NO3. The smallest absolute Gasteiger partial charge is 0.326 e. The second-order valence-electron chi connectivity index (χ2n) is 4.06. The molecule has 0 saturated heterocycles. The second kappa shape index (κ2) is 5.49. The molecule has 16 heavy (non-hydrogen) atoms. The third-order valence-corrected chi connectivity index (χ3v) is 2.88. The highest BCUT2D eigenvalue weighted by Crippen LogP contribution is 2.21. The maximum absolute atomic E-state index is 11.2. The summed E-state index contributed by atoms with van der Waals surface area (Å²) in [5.74, 6) is -0.567. The maximum Gasteiger partial charge on any atom is 0.326 e. The lowest BCUT2D eigenvalue weighted by Gasteiger charge is -2.19. The first-order valence-corrected chi connectivity index (χ1v) is 5.45. The van der Waals surface area contributed by atoms with Gasteiger partial charge in [-0.25, -0.2) is 4.79 Å². The van der Waals surface area contributed by atoms with Gasteiger partial charge >= 0.3 is 5.97 Å². The van der Waals surface area contributed by atoms with E-state index in [1.54, 1.807) is 18.3 Å². The lowest BCUT2D eigenvalue weighted by atomic mass is 9.99. The van der Waals surface area contributed by atoms with Crippen LogP contribution in [0.4, 0.5) is 0 Å². The highest BCUT2D eigenvalue weighted by atomic mass is 16.4. The normalized spacial score (nSPS) is 14.4. The largest absolute Gasteiger partial charge is 0.480 e. The van der Waals surface area contributed by atoms with Crippen molar-refractivity contribution >= 4 is 12.3 Å². The Morgan fingerprint density at radius 2 is 2.31 bits per heavy atom. The topological polar surface area (TPSA) is 59.3 Å². The Balaban J connectivity index is 2.94. The fourth-order valence-electron chi connectivity index (χ4n) is 1.67. The van der Waals surface area contributed by atoms with Crippen molar-refractivity contribution < 1.29 is 14.7 Å². The predicted molar refractivity (Wildman–Crippen MR) is 60.6 cm³/mol. The van der Waals surface area contributed by atoms with Crippen LogP contribution in [0, 0.1) is 5.92 Å². The highest BCUT2D eigenvalue weighted by Gasteiger charge is 2.22. The first-order chi connectivity index (χ1) is 7.60. The molecule has 88 valence electrons. The SMILES string of the molecule is CCC(C)C[C@H](C(=O)O)n1cccc1C=O. The fraction of sp³-hybridized carbons (Fsp3) is 0.500. The molecular weight excluding hydrogens is 206 g/mol. The van der Waals surface area contributed by atoms with Crippen LogP contribution in [0.2, 0.25) is 0 Å². The molecule has 0 aromatic carbocycles.